The van der Waals surface area contributed by atoms with Gasteiger partial charge in [-0.25, -0.2) is 4.90 Å². The molecular weight excluding hydrogens is 580 g/mol. The van der Waals surface area contributed by atoms with Crippen molar-refractivity contribution in [1.29, 1.82) is 0 Å². The molecule has 2 heterocycles. The molecule has 0 aromatic heterocycles. The van der Waals surface area contributed by atoms with Gasteiger partial charge in [0.15, 0.2) is 0 Å². The third-order valence-electron chi connectivity index (χ3n) is 9.82. The number of phenols is 1. The lowest BCUT2D eigenvalue weighted by Crippen LogP contribution is -2.34. The molecule has 1 aliphatic carbocycles. The molecule has 232 valence electrons. The number of allylic oxidation sites excluding steroid dienone is 2. The molecule has 2 aliphatic heterocycles. The van der Waals surface area contributed by atoms with E-state index in [4.69, 9.17) is 4.74 Å². The maximum absolute atomic E-state index is 13.9. The van der Waals surface area contributed by atoms with Crippen LogP contribution in [-0.2, 0) is 14.3 Å². The Bertz CT molecular complexity index is 1930. The van der Waals surface area contributed by atoms with Gasteiger partial charge in [-0.1, -0.05) is 85.3 Å². The van der Waals surface area contributed by atoms with E-state index < -0.39 is 16.8 Å². The highest BCUT2D eigenvalue weighted by atomic mass is 16.6. The van der Waals surface area contributed by atoms with Crippen LogP contribution >= 0.6 is 0 Å². The molecule has 4 aromatic carbocycles. The van der Waals surface area contributed by atoms with Crippen molar-refractivity contribution in [2.24, 2.45) is 17.8 Å². The van der Waals surface area contributed by atoms with Gasteiger partial charge in [-0.15, -0.1) is 0 Å². The van der Waals surface area contributed by atoms with Crippen molar-refractivity contribution in [3.63, 3.8) is 0 Å². The summed E-state index contributed by atoms with van der Waals surface area (Å²) < 4.78 is 6.45. The second kappa shape index (κ2) is 12.0. The summed E-state index contributed by atoms with van der Waals surface area (Å²) in [5, 5.41) is 23.6. The van der Waals surface area contributed by atoms with E-state index in [2.05, 4.69) is 25.1 Å². The number of rotatable bonds is 8. The van der Waals surface area contributed by atoms with E-state index >= 15 is 0 Å². The Balaban J connectivity index is 1.18. The standard InChI is InChI=1S/C38H34N2O6/c1-2-23-20-31-36(38(43)39(37(31)42)27-11-8-12-28(21-27)40(44)45)32-22-46-34(35(23)32)18-16-25(24-9-4-3-5-10-24)19-26-15-17-33(41)30-14-7-6-13-29(26)30/h3-15,17,19,21,31-32,34,36,41H,2,16,18,20,22H2,1H3/b25-19-/t31-,32+,34-,36-/m1/s1. The third-order valence-corrected chi connectivity index (χ3v) is 9.82. The minimum atomic E-state index is -0.547. The predicted molar refractivity (Wildman–Crippen MR) is 177 cm³/mol. The van der Waals surface area contributed by atoms with E-state index in [0.717, 1.165) is 50.8 Å². The molecule has 7 rings (SSSR count). The first-order valence-corrected chi connectivity index (χ1v) is 15.8. The maximum atomic E-state index is 13.9. The Labute approximate surface area is 266 Å². The summed E-state index contributed by atoms with van der Waals surface area (Å²) >= 11 is 0. The van der Waals surface area contributed by atoms with Crippen LogP contribution in [0, 0.1) is 27.9 Å². The van der Waals surface area contributed by atoms with Crippen molar-refractivity contribution in [3.8, 4) is 5.75 Å². The molecule has 2 fully saturated rings. The second-order valence-electron chi connectivity index (χ2n) is 12.3. The number of imide groups is 1. The van der Waals surface area contributed by atoms with Crippen molar-refractivity contribution < 1.29 is 24.4 Å². The molecule has 3 aliphatic rings. The lowest BCUT2D eigenvalue weighted by atomic mass is 9.69. The van der Waals surface area contributed by atoms with Crippen LogP contribution in [0.2, 0.25) is 0 Å². The number of benzene rings is 4. The molecule has 4 atom stereocenters. The minimum absolute atomic E-state index is 0.159. The molecule has 0 spiro atoms. The van der Waals surface area contributed by atoms with E-state index in [1.54, 1.807) is 12.1 Å². The van der Waals surface area contributed by atoms with Gasteiger partial charge in [0.05, 0.1) is 35.2 Å². The van der Waals surface area contributed by atoms with Gasteiger partial charge in [0.2, 0.25) is 11.8 Å². The summed E-state index contributed by atoms with van der Waals surface area (Å²) in [6.07, 6.45) is 4.68. The summed E-state index contributed by atoms with van der Waals surface area (Å²) in [4.78, 5) is 39.6. The maximum Gasteiger partial charge on any atom is 0.271 e. The number of nitro groups is 1. The van der Waals surface area contributed by atoms with Crippen molar-refractivity contribution in [2.75, 3.05) is 11.5 Å². The highest BCUT2D eigenvalue weighted by Crippen LogP contribution is 2.51. The number of amides is 2. The molecule has 8 heteroatoms. The average Bonchev–Trinajstić information content (AvgIpc) is 3.61. The minimum Gasteiger partial charge on any atom is -0.507 e. The average molecular weight is 615 g/mol. The molecule has 4 aromatic rings. The molecule has 8 nitrogen and oxygen atoms in total. The SMILES string of the molecule is CCC1=C2[C@@H](CC/C(=C/c3ccc(O)c4ccccc34)c3ccccc3)OC[C@@H]2[C@@H]2C(=O)N(c3cccc([N+](=O)[O-])c3)C(=O)[C@@H]2C1. The lowest BCUT2D eigenvalue weighted by Gasteiger charge is -2.31. The van der Waals surface area contributed by atoms with E-state index in [9.17, 15) is 24.8 Å². The van der Waals surface area contributed by atoms with Crippen LogP contribution in [0.3, 0.4) is 0 Å². The molecule has 0 radical (unpaired) electrons. The van der Waals surface area contributed by atoms with E-state index in [0.29, 0.717) is 19.4 Å². The summed E-state index contributed by atoms with van der Waals surface area (Å²) in [7, 11) is 0. The summed E-state index contributed by atoms with van der Waals surface area (Å²) in [5.74, 6) is -1.60. The molecule has 2 saturated heterocycles. The Morgan fingerprint density at radius 3 is 2.48 bits per heavy atom. The number of nitro benzene ring substituents is 1. The Kier molecular flexibility index (Phi) is 7.74. The molecule has 2 amide bonds. The smallest absolute Gasteiger partial charge is 0.271 e. The second-order valence-corrected chi connectivity index (χ2v) is 12.3. The fourth-order valence-electron chi connectivity index (χ4n) is 7.67. The van der Waals surface area contributed by atoms with Gasteiger partial charge in [0.25, 0.3) is 5.69 Å². The molecule has 46 heavy (non-hydrogen) atoms. The Hall–Kier alpha value is -5.08. The summed E-state index contributed by atoms with van der Waals surface area (Å²) in [5.41, 5.74) is 5.66. The van der Waals surface area contributed by atoms with Crippen LogP contribution in [0.15, 0.2) is 102 Å². The number of nitrogens with zero attached hydrogens (tertiary/aromatic N) is 2. The molecule has 1 N–H and O–H groups in total. The zero-order valence-electron chi connectivity index (χ0n) is 25.5. The van der Waals surface area contributed by atoms with E-state index in [1.807, 2.05) is 48.5 Å². The van der Waals surface area contributed by atoms with Gasteiger partial charge in [-0.2, -0.15) is 0 Å². The lowest BCUT2D eigenvalue weighted by molar-refractivity contribution is -0.384. The van der Waals surface area contributed by atoms with Crippen LogP contribution in [0.4, 0.5) is 11.4 Å². The van der Waals surface area contributed by atoms with Gasteiger partial charge >= 0.3 is 0 Å². The van der Waals surface area contributed by atoms with Crippen molar-refractivity contribution in [2.45, 2.75) is 38.7 Å². The first-order chi connectivity index (χ1) is 22.4. The monoisotopic (exact) mass is 614 g/mol. The molecular formula is C38H34N2O6. The number of ether oxygens (including phenoxy) is 1. The summed E-state index contributed by atoms with van der Waals surface area (Å²) in [6.45, 7) is 2.44. The highest BCUT2D eigenvalue weighted by molar-refractivity contribution is 6.22. The number of carbonyl (C=O) groups is 2. The van der Waals surface area contributed by atoms with Gasteiger partial charge < -0.3 is 9.84 Å². The third kappa shape index (κ3) is 5.08. The molecule has 0 unspecified atom stereocenters. The molecule has 0 saturated carbocycles. The number of aromatic hydroxyl groups is 1. The van der Waals surface area contributed by atoms with Crippen LogP contribution in [0.25, 0.3) is 22.4 Å². The fraction of sp³-hybridized carbons (Fsp3) is 0.263. The number of fused-ring (bicyclic) bond motifs is 4. The van der Waals surface area contributed by atoms with Gasteiger partial charge in [-0.3, -0.25) is 19.7 Å². The number of carbonyl (C=O) groups excluding carboxylic acids is 2. The van der Waals surface area contributed by atoms with Gasteiger partial charge in [0, 0.05) is 23.4 Å². The number of non-ortho nitro benzene ring substituents is 1. The number of phenolic OH excluding ortho intramolecular Hbond substituents is 1. The van der Waals surface area contributed by atoms with Crippen molar-refractivity contribution in [3.05, 3.63) is 123 Å². The zero-order chi connectivity index (χ0) is 31.9. The van der Waals surface area contributed by atoms with Crippen molar-refractivity contribution >= 4 is 45.6 Å². The van der Waals surface area contributed by atoms with Crippen LogP contribution in [-0.4, -0.2) is 34.6 Å². The summed E-state index contributed by atoms with van der Waals surface area (Å²) in [6, 6.07) is 27.5. The predicted octanol–water partition coefficient (Wildman–Crippen LogP) is 7.71. The Morgan fingerprint density at radius 1 is 0.957 bits per heavy atom. The molecule has 0 bridgehead atoms. The largest absolute Gasteiger partial charge is 0.507 e. The van der Waals surface area contributed by atoms with Crippen LogP contribution < -0.4 is 4.90 Å². The number of hydrogen-bond acceptors (Lipinski definition) is 6. The highest BCUT2D eigenvalue weighted by Gasteiger charge is 2.57. The number of anilines is 1. The van der Waals surface area contributed by atoms with E-state index in [-0.39, 0.29) is 41.0 Å². The van der Waals surface area contributed by atoms with E-state index in [1.165, 1.54) is 23.8 Å². The first-order valence-electron chi connectivity index (χ1n) is 15.8. The van der Waals surface area contributed by atoms with Crippen LogP contribution in [0.5, 0.6) is 5.75 Å². The topological polar surface area (TPSA) is 110 Å². The quantitative estimate of drug-likeness (QED) is 0.0716. The Morgan fingerprint density at radius 2 is 1.72 bits per heavy atom. The fourth-order valence-corrected chi connectivity index (χ4v) is 7.67. The van der Waals surface area contributed by atoms with Gasteiger partial charge in [0.1, 0.15) is 5.75 Å². The van der Waals surface area contributed by atoms with Gasteiger partial charge in [-0.05, 0) is 65.5 Å². The normalized spacial score (nSPS) is 22.8. The number of hydrogen-bond donors (Lipinski definition) is 1. The van der Waals surface area contributed by atoms with Crippen molar-refractivity contribution in [1.82, 2.24) is 0 Å². The zero-order valence-corrected chi connectivity index (χ0v) is 25.5. The van der Waals surface area contributed by atoms with Crippen LogP contribution in [0.1, 0.15) is 43.7 Å². The first kappa shape index (κ1) is 29.6.